The number of rotatable bonds is 8. The van der Waals surface area contributed by atoms with Crippen LogP contribution in [0.15, 0.2) is 203 Å². The minimum Gasteiger partial charge on any atom is -0.497 e. The van der Waals surface area contributed by atoms with Crippen molar-refractivity contribution < 1.29 is 18.3 Å². The highest BCUT2D eigenvalue weighted by Gasteiger charge is 2.19. The Morgan fingerprint density at radius 3 is 1.10 bits per heavy atom. The summed E-state index contributed by atoms with van der Waals surface area (Å²) < 4.78 is 24.3. The molecule has 296 valence electrons. The quantitative estimate of drug-likeness (QED) is 0.153. The molecule has 10 aromatic carbocycles. The van der Waals surface area contributed by atoms with E-state index in [0.29, 0.717) is 0 Å². The summed E-state index contributed by atoms with van der Waals surface area (Å²) in [6.07, 6.45) is 0. The van der Waals surface area contributed by atoms with Crippen LogP contribution in [0.4, 0.5) is 34.1 Å². The van der Waals surface area contributed by atoms with Gasteiger partial charge in [-0.1, -0.05) is 60.7 Å². The third-order valence-corrected chi connectivity index (χ3v) is 12.1. The van der Waals surface area contributed by atoms with Gasteiger partial charge in [-0.3, -0.25) is 0 Å². The molecule has 0 N–H and O–H groups in total. The van der Waals surface area contributed by atoms with Crippen molar-refractivity contribution >= 4 is 110 Å². The molecule has 0 bridgehead atoms. The predicted molar refractivity (Wildman–Crippen MR) is 256 cm³/mol. The number of fused-ring (bicyclic) bond motifs is 9. The van der Waals surface area contributed by atoms with Gasteiger partial charge in [0.1, 0.15) is 33.8 Å². The molecule has 0 spiro atoms. The van der Waals surface area contributed by atoms with Gasteiger partial charge in [-0.25, -0.2) is 0 Å². The molecule has 2 aromatic heterocycles. The molecule has 0 saturated carbocycles. The molecule has 62 heavy (non-hydrogen) atoms. The van der Waals surface area contributed by atoms with E-state index in [2.05, 4.69) is 180 Å². The van der Waals surface area contributed by atoms with Crippen LogP contribution in [0.25, 0.3) is 76.2 Å². The van der Waals surface area contributed by atoms with Crippen LogP contribution in [-0.4, -0.2) is 14.2 Å². The van der Waals surface area contributed by atoms with Crippen molar-refractivity contribution in [3.63, 3.8) is 0 Å². The van der Waals surface area contributed by atoms with Gasteiger partial charge in [0.25, 0.3) is 0 Å². The van der Waals surface area contributed by atoms with E-state index in [9.17, 15) is 0 Å². The van der Waals surface area contributed by atoms with Gasteiger partial charge in [0.05, 0.1) is 14.2 Å². The number of ether oxygens (including phenoxy) is 2. The molecule has 0 aliphatic carbocycles. The lowest BCUT2D eigenvalue weighted by molar-refractivity contribution is 0.415. The van der Waals surface area contributed by atoms with Gasteiger partial charge in [0, 0.05) is 67.8 Å². The van der Waals surface area contributed by atoms with Crippen molar-refractivity contribution in [1.29, 1.82) is 0 Å². The van der Waals surface area contributed by atoms with Crippen LogP contribution >= 0.6 is 0 Å². The van der Waals surface area contributed by atoms with E-state index in [4.69, 9.17) is 18.3 Å². The maximum absolute atomic E-state index is 6.69. The van der Waals surface area contributed by atoms with Crippen molar-refractivity contribution in [3.8, 4) is 11.5 Å². The molecule has 0 unspecified atom stereocenters. The van der Waals surface area contributed by atoms with E-state index >= 15 is 0 Å². The molecule has 0 aliphatic heterocycles. The number of benzene rings is 10. The second-order valence-corrected chi connectivity index (χ2v) is 15.7. The Morgan fingerprint density at radius 2 is 0.661 bits per heavy atom. The summed E-state index contributed by atoms with van der Waals surface area (Å²) in [4.78, 5) is 4.55. The first-order chi connectivity index (χ1) is 30.6. The van der Waals surface area contributed by atoms with E-state index in [1.165, 1.54) is 0 Å². The molecular weight excluding hydrogens is 765 g/mol. The Bertz CT molecular complexity index is 3440. The summed E-state index contributed by atoms with van der Waals surface area (Å²) in [7, 11) is 3.40. The molecule has 6 nitrogen and oxygen atoms in total. The lowest BCUT2D eigenvalue weighted by atomic mass is 10.0. The van der Waals surface area contributed by atoms with Crippen molar-refractivity contribution in [2.24, 2.45) is 0 Å². The number of furan rings is 2. The zero-order valence-corrected chi connectivity index (χ0v) is 34.0. The number of anilines is 6. The second-order valence-electron chi connectivity index (χ2n) is 15.7. The highest BCUT2D eigenvalue weighted by Crippen LogP contribution is 2.43. The zero-order chi connectivity index (χ0) is 41.3. The molecule has 0 saturated heterocycles. The van der Waals surface area contributed by atoms with E-state index < -0.39 is 0 Å². The van der Waals surface area contributed by atoms with Gasteiger partial charge in [0.2, 0.25) is 0 Å². The summed E-state index contributed by atoms with van der Waals surface area (Å²) in [5.41, 5.74) is 9.60. The van der Waals surface area contributed by atoms with Gasteiger partial charge in [-0.2, -0.15) is 0 Å². The first-order valence-electron chi connectivity index (χ1n) is 20.7. The summed E-state index contributed by atoms with van der Waals surface area (Å²) in [6.45, 7) is 0. The van der Waals surface area contributed by atoms with Crippen LogP contribution in [0.3, 0.4) is 0 Å². The van der Waals surface area contributed by atoms with Gasteiger partial charge >= 0.3 is 0 Å². The summed E-state index contributed by atoms with van der Waals surface area (Å²) in [5.74, 6) is 1.69. The minimum atomic E-state index is 0.829. The fourth-order valence-electron chi connectivity index (χ4n) is 9.05. The topological polar surface area (TPSA) is 51.2 Å². The van der Waals surface area contributed by atoms with Crippen LogP contribution in [0, 0.1) is 0 Å². The first-order valence-corrected chi connectivity index (χ1v) is 20.7. The smallest absolute Gasteiger partial charge is 0.137 e. The van der Waals surface area contributed by atoms with E-state index in [-0.39, 0.29) is 0 Å². The van der Waals surface area contributed by atoms with Crippen molar-refractivity contribution in [3.05, 3.63) is 194 Å². The molecule has 6 heteroatoms. The molecule has 12 rings (SSSR count). The molecular formula is C56H38N2O4. The molecule has 0 aliphatic rings. The normalized spacial score (nSPS) is 11.7. The number of para-hydroxylation sites is 2. The Kier molecular flexibility index (Phi) is 8.18. The SMILES string of the molecule is COc1ccc2cc(N(c3ccccc3)c3ccc4c(c3)oc3cc5cc6c(cc5cc34)oc3cc(N(c4ccccc4)c4ccc5cc(OC)ccc5c4)ccc36)ccc2c1. The number of methoxy groups -OCH3 is 2. The lowest BCUT2D eigenvalue weighted by Gasteiger charge is -2.25. The second kappa shape index (κ2) is 14.2. The highest BCUT2D eigenvalue weighted by atomic mass is 16.5. The molecule has 12 aromatic rings. The Labute approximate surface area is 356 Å². The molecule has 0 amide bonds. The van der Waals surface area contributed by atoms with Crippen molar-refractivity contribution in [2.45, 2.75) is 0 Å². The Hall–Kier alpha value is -8.22. The number of hydrogen-bond acceptors (Lipinski definition) is 6. The molecule has 0 atom stereocenters. The maximum Gasteiger partial charge on any atom is 0.137 e. The predicted octanol–water partition coefficient (Wildman–Crippen LogP) is 15.9. The van der Waals surface area contributed by atoms with Crippen LogP contribution in [-0.2, 0) is 0 Å². The van der Waals surface area contributed by atoms with Crippen LogP contribution in [0.5, 0.6) is 11.5 Å². The van der Waals surface area contributed by atoms with Gasteiger partial charge in [-0.15, -0.1) is 0 Å². The Balaban J connectivity index is 0.935. The van der Waals surface area contributed by atoms with Crippen molar-refractivity contribution in [2.75, 3.05) is 24.0 Å². The largest absolute Gasteiger partial charge is 0.497 e. The Morgan fingerprint density at radius 1 is 0.290 bits per heavy atom. The third kappa shape index (κ3) is 5.95. The average molecular weight is 803 g/mol. The van der Waals surface area contributed by atoms with Gasteiger partial charge in [-0.05, 0) is 154 Å². The monoisotopic (exact) mass is 802 g/mol. The summed E-state index contributed by atoms with van der Waals surface area (Å²) in [5, 5.41) is 11.0. The highest BCUT2D eigenvalue weighted by molar-refractivity contribution is 6.16. The standard InChI is InChI=1S/C56H38N2O4/c1-59-47-21-15-35-25-43(17-13-37(35)27-47)57(41-9-5-3-6-10-41)45-19-23-49-51-29-39-32-54-52(30-40(39)31-53(51)61-55(49)33-45)50-24-20-46(34-56(50)62-54)58(42-11-7-4-8-12-42)44-18-14-38-28-48(60-2)22-16-36(38)26-44/h3-34H,1-2H3. The molecule has 0 fully saturated rings. The summed E-state index contributed by atoms with van der Waals surface area (Å²) in [6, 6.07) is 68.1. The molecule has 0 radical (unpaired) electrons. The van der Waals surface area contributed by atoms with E-state index in [1.807, 2.05) is 24.3 Å². The lowest BCUT2D eigenvalue weighted by Crippen LogP contribution is -2.09. The fourth-order valence-corrected chi connectivity index (χ4v) is 9.05. The third-order valence-electron chi connectivity index (χ3n) is 12.1. The molecule has 2 heterocycles. The van der Waals surface area contributed by atoms with Crippen molar-refractivity contribution in [1.82, 2.24) is 0 Å². The zero-order valence-electron chi connectivity index (χ0n) is 34.0. The van der Waals surface area contributed by atoms with Crippen LogP contribution < -0.4 is 19.3 Å². The first kappa shape index (κ1) is 35.7. The van der Waals surface area contributed by atoms with Gasteiger partial charge < -0.3 is 28.1 Å². The fraction of sp³-hybridized carbons (Fsp3) is 0.0357. The summed E-state index contributed by atoms with van der Waals surface area (Å²) >= 11 is 0. The van der Waals surface area contributed by atoms with Crippen LogP contribution in [0.1, 0.15) is 0 Å². The minimum absolute atomic E-state index is 0.829. The maximum atomic E-state index is 6.69. The number of hydrogen-bond donors (Lipinski definition) is 0. The van der Waals surface area contributed by atoms with E-state index in [1.54, 1.807) is 14.2 Å². The van der Waals surface area contributed by atoms with Gasteiger partial charge in [0.15, 0.2) is 0 Å². The average Bonchev–Trinajstić information content (AvgIpc) is 3.86. The van der Waals surface area contributed by atoms with Crippen LogP contribution in [0.2, 0.25) is 0 Å². The number of nitrogens with zero attached hydrogens (tertiary/aromatic N) is 2. The van der Waals surface area contributed by atoms with E-state index in [0.717, 1.165) is 122 Å².